The van der Waals surface area contributed by atoms with Gasteiger partial charge in [-0.15, -0.1) is 0 Å². The molecular formula is C19H27NO. The second kappa shape index (κ2) is 5.31. The largest absolute Gasteiger partial charge is 0.382 e. The lowest BCUT2D eigenvalue weighted by atomic mass is 9.71. The molecule has 2 nitrogen and oxygen atoms in total. The Labute approximate surface area is 128 Å². The Balaban J connectivity index is 1.45. The first-order valence-electron chi connectivity index (χ1n) is 8.75. The third kappa shape index (κ3) is 2.70. The summed E-state index contributed by atoms with van der Waals surface area (Å²) in [6.07, 6.45) is 10.2. The molecule has 3 aliphatic rings. The maximum Gasteiger partial charge on any atom is 0.0685 e. The van der Waals surface area contributed by atoms with Gasteiger partial charge in [-0.25, -0.2) is 0 Å². The van der Waals surface area contributed by atoms with Crippen molar-refractivity contribution in [1.82, 2.24) is 0 Å². The van der Waals surface area contributed by atoms with Crippen LogP contribution in [0.3, 0.4) is 0 Å². The summed E-state index contributed by atoms with van der Waals surface area (Å²) in [6, 6.07) is 7.72. The van der Waals surface area contributed by atoms with Crippen LogP contribution in [0.2, 0.25) is 0 Å². The molecule has 2 heterocycles. The van der Waals surface area contributed by atoms with Gasteiger partial charge in [-0.2, -0.15) is 0 Å². The van der Waals surface area contributed by atoms with Crippen molar-refractivity contribution < 1.29 is 4.74 Å². The average molecular weight is 285 g/mol. The predicted octanol–water partition coefficient (Wildman–Crippen LogP) is 4.33. The molecule has 1 aromatic rings. The minimum atomic E-state index is 0.286. The van der Waals surface area contributed by atoms with Crippen LogP contribution >= 0.6 is 0 Å². The zero-order chi connectivity index (χ0) is 14.3. The molecule has 1 aliphatic carbocycles. The minimum absolute atomic E-state index is 0.286. The van der Waals surface area contributed by atoms with E-state index in [4.69, 9.17) is 4.74 Å². The van der Waals surface area contributed by atoms with Gasteiger partial charge < -0.3 is 10.1 Å². The lowest BCUT2D eigenvalue weighted by molar-refractivity contribution is -0.143. The van der Waals surface area contributed by atoms with Crippen LogP contribution in [0, 0.1) is 5.92 Å². The lowest BCUT2D eigenvalue weighted by Crippen LogP contribution is -2.45. The summed E-state index contributed by atoms with van der Waals surface area (Å²) >= 11 is 0. The summed E-state index contributed by atoms with van der Waals surface area (Å²) in [5, 5.41) is 3.60. The van der Waals surface area contributed by atoms with Gasteiger partial charge in [0.2, 0.25) is 0 Å². The van der Waals surface area contributed by atoms with E-state index in [2.05, 4.69) is 30.4 Å². The number of benzene rings is 1. The monoisotopic (exact) mass is 285 g/mol. The molecule has 1 saturated heterocycles. The number of fused-ring (bicyclic) bond motifs is 1. The van der Waals surface area contributed by atoms with Crippen molar-refractivity contribution in [3.05, 3.63) is 29.3 Å². The van der Waals surface area contributed by atoms with E-state index >= 15 is 0 Å². The Hall–Kier alpha value is -1.02. The van der Waals surface area contributed by atoms with E-state index in [9.17, 15) is 0 Å². The van der Waals surface area contributed by atoms with Crippen molar-refractivity contribution in [2.45, 2.75) is 69.9 Å². The van der Waals surface area contributed by atoms with Gasteiger partial charge in [0.15, 0.2) is 0 Å². The standard InChI is InChI=1S/C19H27NO/c1-14-3-5-17-12-15(4-6-18(17)20-14)11-16-7-10-21-19(13-16)8-2-9-19/h4,6,12,14,16,20H,2-3,5,7-11,13H2,1H3. The molecular weight excluding hydrogens is 258 g/mol. The number of nitrogens with one attached hydrogen (secondary N) is 1. The molecule has 0 aromatic heterocycles. The molecule has 0 bridgehead atoms. The third-order valence-corrected chi connectivity index (χ3v) is 5.80. The fourth-order valence-electron chi connectivity index (χ4n) is 4.39. The Morgan fingerprint density at radius 3 is 3.00 bits per heavy atom. The van der Waals surface area contributed by atoms with Gasteiger partial charge >= 0.3 is 0 Å². The maximum atomic E-state index is 6.06. The Morgan fingerprint density at radius 2 is 2.19 bits per heavy atom. The van der Waals surface area contributed by atoms with Gasteiger partial charge in [-0.3, -0.25) is 0 Å². The normalized spacial score (nSPS) is 30.3. The number of rotatable bonds is 2. The van der Waals surface area contributed by atoms with Crippen molar-refractivity contribution in [3.63, 3.8) is 0 Å². The summed E-state index contributed by atoms with van der Waals surface area (Å²) in [6.45, 7) is 3.26. The highest BCUT2D eigenvalue weighted by Gasteiger charge is 2.42. The van der Waals surface area contributed by atoms with Gasteiger partial charge in [0.25, 0.3) is 0 Å². The number of aryl methyl sites for hydroxylation is 1. The fraction of sp³-hybridized carbons (Fsp3) is 0.684. The van der Waals surface area contributed by atoms with Crippen LogP contribution in [0.4, 0.5) is 5.69 Å². The molecule has 2 heteroatoms. The van der Waals surface area contributed by atoms with Crippen molar-refractivity contribution in [3.8, 4) is 0 Å². The van der Waals surface area contributed by atoms with E-state index in [-0.39, 0.29) is 5.60 Å². The zero-order valence-electron chi connectivity index (χ0n) is 13.2. The number of hydrogen-bond donors (Lipinski definition) is 1. The topological polar surface area (TPSA) is 21.3 Å². The van der Waals surface area contributed by atoms with E-state index in [0.29, 0.717) is 6.04 Å². The van der Waals surface area contributed by atoms with Crippen LogP contribution in [-0.2, 0) is 17.6 Å². The van der Waals surface area contributed by atoms with Crippen LogP contribution in [0.1, 0.15) is 56.6 Å². The molecule has 0 amide bonds. The summed E-state index contributed by atoms with van der Waals surface area (Å²) in [5.74, 6) is 0.826. The molecule has 4 rings (SSSR count). The van der Waals surface area contributed by atoms with Gasteiger partial charge in [0, 0.05) is 18.3 Å². The Kier molecular flexibility index (Phi) is 3.45. The quantitative estimate of drug-likeness (QED) is 0.873. The van der Waals surface area contributed by atoms with Gasteiger partial charge in [0.05, 0.1) is 5.60 Å². The molecule has 1 N–H and O–H groups in total. The van der Waals surface area contributed by atoms with Crippen molar-refractivity contribution >= 4 is 5.69 Å². The van der Waals surface area contributed by atoms with Crippen molar-refractivity contribution in [2.75, 3.05) is 11.9 Å². The van der Waals surface area contributed by atoms with Crippen LogP contribution in [0.25, 0.3) is 0 Å². The second-order valence-corrected chi connectivity index (χ2v) is 7.52. The Bertz CT molecular complexity index is 520. The number of anilines is 1. The smallest absolute Gasteiger partial charge is 0.0685 e. The number of hydrogen-bond acceptors (Lipinski definition) is 2. The Morgan fingerprint density at radius 1 is 1.29 bits per heavy atom. The molecule has 21 heavy (non-hydrogen) atoms. The highest BCUT2D eigenvalue weighted by molar-refractivity contribution is 5.55. The lowest BCUT2D eigenvalue weighted by Gasteiger charge is -2.47. The summed E-state index contributed by atoms with van der Waals surface area (Å²) < 4.78 is 6.06. The second-order valence-electron chi connectivity index (χ2n) is 7.52. The summed E-state index contributed by atoms with van der Waals surface area (Å²) in [5.41, 5.74) is 4.70. The van der Waals surface area contributed by atoms with Gasteiger partial charge in [-0.05, 0) is 81.4 Å². The maximum absolute atomic E-state index is 6.06. The fourth-order valence-corrected chi connectivity index (χ4v) is 4.39. The van der Waals surface area contributed by atoms with Crippen molar-refractivity contribution in [2.24, 2.45) is 5.92 Å². The van der Waals surface area contributed by atoms with E-state index in [0.717, 1.165) is 12.5 Å². The summed E-state index contributed by atoms with van der Waals surface area (Å²) in [7, 11) is 0. The molecule has 2 atom stereocenters. The predicted molar refractivity (Wildman–Crippen MR) is 86.8 cm³/mol. The first-order chi connectivity index (χ1) is 10.2. The first kappa shape index (κ1) is 13.6. The molecule has 114 valence electrons. The first-order valence-corrected chi connectivity index (χ1v) is 8.75. The van der Waals surface area contributed by atoms with Crippen LogP contribution < -0.4 is 5.32 Å². The van der Waals surface area contributed by atoms with Crippen molar-refractivity contribution in [1.29, 1.82) is 0 Å². The number of ether oxygens (including phenoxy) is 1. The zero-order valence-corrected chi connectivity index (χ0v) is 13.2. The molecule has 1 saturated carbocycles. The van der Waals surface area contributed by atoms with Crippen LogP contribution in [0.5, 0.6) is 0 Å². The van der Waals surface area contributed by atoms with Gasteiger partial charge in [-0.1, -0.05) is 12.1 Å². The molecule has 2 aliphatic heterocycles. The average Bonchev–Trinajstić information content (AvgIpc) is 2.46. The molecule has 0 radical (unpaired) electrons. The minimum Gasteiger partial charge on any atom is -0.382 e. The van der Waals surface area contributed by atoms with Gasteiger partial charge in [0.1, 0.15) is 0 Å². The molecule has 2 fully saturated rings. The third-order valence-electron chi connectivity index (χ3n) is 5.80. The van der Waals surface area contributed by atoms with E-state index < -0.39 is 0 Å². The highest BCUT2D eigenvalue weighted by atomic mass is 16.5. The molecule has 1 spiro atoms. The van der Waals surface area contributed by atoms with E-state index in [1.807, 2.05) is 0 Å². The van der Waals surface area contributed by atoms with Crippen LogP contribution in [0.15, 0.2) is 18.2 Å². The molecule has 2 unspecified atom stereocenters. The summed E-state index contributed by atoms with van der Waals surface area (Å²) in [4.78, 5) is 0. The molecule has 1 aromatic carbocycles. The van der Waals surface area contributed by atoms with E-state index in [1.54, 1.807) is 0 Å². The van der Waals surface area contributed by atoms with Crippen LogP contribution in [-0.4, -0.2) is 18.2 Å². The SMILES string of the molecule is CC1CCc2cc(CC3CCOC4(CCC4)C3)ccc2N1. The van der Waals surface area contributed by atoms with E-state index in [1.165, 1.54) is 68.2 Å². The highest BCUT2D eigenvalue weighted by Crippen LogP contribution is 2.45.